The van der Waals surface area contributed by atoms with Crippen LogP contribution in [0.1, 0.15) is 80.7 Å². The monoisotopic (exact) mass is 1040 g/mol. The van der Waals surface area contributed by atoms with Crippen LogP contribution in [0.4, 0.5) is 28.4 Å². The lowest BCUT2D eigenvalue weighted by Gasteiger charge is -2.35. The van der Waals surface area contributed by atoms with E-state index in [1.54, 1.807) is 56.9 Å². The SMILES string of the molecule is CCOc1ccc2c(c1)CC(NCCCCO)C(=O)N2c1ccc(CN2C(=O)[C@](O)([C@H](C)/C=C/CC(=O)N(CCO)Cc3ccccc3)c3cc(N4C(=O)C(NCCCCO)Cc5cc(OCC)ccc54)ccc32)cc1. The quantitative estimate of drug-likeness (QED) is 0.0252. The Kier molecular flexibility index (Phi) is 18.7. The number of fused-ring (bicyclic) bond motifs is 3. The number of benzene rings is 5. The smallest absolute Gasteiger partial charge is 0.264 e. The van der Waals surface area contributed by atoms with Gasteiger partial charge in [0.05, 0.1) is 55.5 Å². The molecule has 0 aliphatic carbocycles. The van der Waals surface area contributed by atoms with Crippen molar-refractivity contribution in [3.05, 3.63) is 149 Å². The first-order chi connectivity index (χ1) is 36.9. The number of hydrogen-bond donors (Lipinski definition) is 6. The third-order valence-corrected chi connectivity index (χ3v) is 14.4. The van der Waals surface area contributed by atoms with Crippen molar-refractivity contribution in [3.63, 3.8) is 0 Å². The Morgan fingerprint density at radius 1 is 0.697 bits per heavy atom. The van der Waals surface area contributed by atoms with Gasteiger partial charge in [-0.05, 0) is 154 Å². The fraction of sp³-hybridized carbons (Fsp3) is 0.400. The second-order valence-corrected chi connectivity index (χ2v) is 19.5. The maximum atomic E-state index is 15.2. The van der Waals surface area contributed by atoms with Crippen LogP contribution in [-0.2, 0) is 50.7 Å². The number of anilines is 5. The number of ether oxygens (including phenoxy) is 2. The molecule has 0 saturated heterocycles. The highest BCUT2D eigenvalue weighted by molar-refractivity contribution is 6.10. The number of aliphatic hydroxyl groups excluding tert-OH is 3. The van der Waals surface area contributed by atoms with E-state index in [4.69, 9.17) is 9.47 Å². The minimum absolute atomic E-state index is 0.0436. The normalized spacial score (nSPS) is 18.5. The van der Waals surface area contributed by atoms with Crippen molar-refractivity contribution in [1.29, 1.82) is 0 Å². The van der Waals surface area contributed by atoms with Crippen molar-refractivity contribution in [3.8, 4) is 11.5 Å². The third-order valence-electron chi connectivity index (χ3n) is 14.4. The molecule has 6 N–H and O–H groups in total. The molecule has 0 fully saturated rings. The van der Waals surface area contributed by atoms with Gasteiger partial charge in [0.2, 0.25) is 17.7 Å². The first-order valence-corrected chi connectivity index (χ1v) is 26.7. The topological polar surface area (TPSA) is 205 Å². The molecule has 3 aliphatic rings. The van der Waals surface area contributed by atoms with Crippen LogP contribution in [0, 0.1) is 5.92 Å². The summed E-state index contributed by atoms with van der Waals surface area (Å²) in [5.41, 5.74) is 4.52. The molecule has 0 bridgehead atoms. The Morgan fingerprint density at radius 2 is 1.25 bits per heavy atom. The zero-order chi connectivity index (χ0) is 53.8. The van der Waals surface area contributed by atoms with Crippen molar-refractivity contribution in [2.24, 2.45) is 5.92 Å². The van der Waals surface area contributed by atoms with E-state index in [1.165, 1.54) is 0 Å². The van der Waals surface area contributed by atoms with Crippen LogP contribution in [0.15, 0.2) is 121 Å². The first kappa shape index (κ1) is 55.3. The van der Waals surface area contributed by atoms with E-state index in [-0.39, 0.29) is 57.1 Å². The summed E-state index contributed by atoms with van der Waals surface area (Å²) in [6.45, 7) is 8.00. The number of nitrogens with zero attached hydrogens (tertiary/aromatic N) is 4. The van der Waals surface area contributed by atoms with Crippen LogP contribution >= 0.6 is 0 Å². The summed E-state index contributed by atoms with van der Waals surface area (Å²) >= 11 is 0. The van der Waals surface area contributed by atoms with Crippen LogP contribution in [0.2, 0.25) is 0 Å². The molecule has 3 heterocycles. The van der Waals surface area contributed by atoms with Crippen molar-refractivity contribution in [2.45, 2.75) is 96.5 Å². The molecule has 16 nitrogen and oxygen atoms in total. The number of hydrogen-bond acceptors (Lipinski definition) is 12. The number of nitrogens with one attached hydrogen (secondary N) is 2. The van der Waals surface area contributed by atoms with Gasteiger partial charge >= 0.3 is 0 Å². The van der Waals surface area contributed by atoms with Gasteiger partial charge in [-0.2, -0.15) is 0 Å². The minimum atomic E-state index is -2.15. The summed E-state index contributed by atoms with van der Waals surface area (Å²) in [5.74, 6) is -0.644. The Bertz CT molecular complexity index is 2840. The van der Waals surface area contributed by atoms with E-state index >= 15 is 4.79 Å². The van der Waals surface area contributed by atoms with Gasteiger partial charge < -0.3 is 50.3 Å². The second kappa shape index (κ2) is 25.7. The summed E-state index contributed by atoms with van der Waals surface area (Å²) in [6, 6.07) is 32.4. The zero-order valence-electron chi connectivity index (χ0n) is 43.8. The highest BCUT2D eigenvalue weighted by Gasteiger charge is 2.53. The molecule has 402 valence electrons. The Labute approximate surface area is 445 Å². The van der Waals surface area contributed by atoms with Gasteiger partial charge in [-0.1, -0.05) is 61.5 Å². The fourth-order valence-corrected chi connectivity index (χ4v) is 10.5. The highest BCUT2D eigenvalue weighted by Crippen LogP contribution is 2.49. The van der Waals surface area contributed by atoms with Crippen molar-refractivity contribution in [1.82, 2.24) is 15.5 Å². The fourth-order valence-electron chi connectivity index (χ4n) is 10.5. The van der Waals surface area contributed by atoms with Crippen molar-refractivity contribution in [2.75, 3.05) is 67.4 Å². The Balaban J connectivity index is 1.13. The van der Waals surface area contributed by atoms with Gasteiger partial charge in [0.25, 0.3) is 5.91 Å². The van der Waals surface area contributed by atoms with Crippen LogP contribution in [-0.4, -0.2) is 114 Å². The molecular weight excluding hydrogens is 965 g/mol. The maximum absolute atomic E-state index is 15.2. The summed E-state index contributed by atoms with van der Waals surface area (Å²) in [6.07, 6.45) is 6.76. The lowest BCUT2D eigenvalue weighted by Crippen LogP contribution is -2.49. The van der Waals surface area contributed by atoms with E-state index in [0.717, 1.165) is 27.9 Å². The number of carbonyl (C=O) groups excluding carboxylic acids is 4. The number of carbonyl (C=O) groups is 4. The van der Waals surface area contributed by atoms with Crippen LogP contribution in [0.25, 0.3) is 0 Å². The van der Waals surface area contributed by atoms with E-state index in [2.05, 4.69) is 10.6 Å². The van der Waals surface area contributed by atoms with Crippen LogP contribution in [0.5, 0.6) is 11.5 Å². The molecule has 0 saturated carbocycles. The standard InChI is InChI=1S/C60H72N6O10/c1-4-75-48-23-26-53-44(34-48)36-51(61-28-9-11-31-67)57(71)65(53)46-20-18-43(19-21-46)40-64-55-25-22-47(66-54-27-24-49(76-5-2)35-45(54)37-52(58(66)72)62-29-10-12-32-68)38-50(55)60(74,59(64)73)41(3)14-13-17-56(70)63(30-33-69)39-42-15-7-6-8-16-42/h6-8,13-16,18-27,34-35,38,41,51-52,61-62,67-69,74H,4-5,9-12,17,28-33,36-37,39-40H2,1-3H3/b14-13+/t41-,51?,52?,60+/m1/s1. The number of rotatable bonds is 26. The Morgan fingerprint density at radius 3 is 1.80 bits per heavy atom. The van der Waals surface area contributed by atoms with E-state index in [0.29, 0.717) is 111 Å². The summed E-state index contributed by atoms with van der Waals surface area (Å²) in [4.78, 5) is 64.1. The highest BCUT2D eigenvalue weighted by atomic mass is 16.5. The van der Waals surface area contributed by atoms with E-state index < -0.39 is 29.5 Å². The van der Waals surface area contributed by atoms with Gasteiger partial charge in [0.15, 0.2) is 5.60 Å². The predicted octanol–water partition coefficient (Wildman–Crippen LogP) is 6.72. The lowest BCUT2D eigenvalue weighted by molar-refractivity contribution is -0.139. The number of unbranched alkanes of at least 4 members (excludes halogenated alkanes) is 2. The predicted molar refractivity (Wildman–Crippen MR) is 293 cm³/mol. The summed E-state index contributed by atoms with van der Waals surface area (Å²) in [7, 11) is 0. The molecule has 76 heavy (non-hydrogen) atoms. The number of aliphatic hydroxyl groups is 4. The van der Waals surface area contributed by atoms with Gasteiger partial charge in [-0.25, -0.2) is 0 Å². The average Bonchev–Trinajstić information content (AvgIpc) is 3.65. The zero-order valence-corrected chi connectivity index (χ0v) is 43.8. The lowest BCUT2D eigenvalue weighted by atomic mass is 9.82. The van der Waals surface area contributed by atoms with Crippen LogP contribution in [0.3, 0.4) is 0 Å². The van der Waals surface area contributed by atoms with Gasteiger partial charge in [-0.3, -0.25) is 29.0 Å². The molecule has 3 aliphatic heterocycles. The molecule has 0 radical (unpaired) electrons. The average molecular weight is 1040 g/mol. The van der Waals surface area contributed by atoms with E-state index in [9.17, 15) is 34.8 Å². The third kappa shape index (κ3) is 12.2. The molecule has 5 aromatic rings. The molecule has 16 heteroatoms. The summed E-state index contributed by atoms with van der Waals surface area (Å²) < 4.78 is 11.7. The van der Waals surface area contributed by atoms with Crippen molar-refractivity contribution >= 4 is 52.1 Å². The molecule has 0 aromatic heterocycles. The minimum Gasteiger partial charge on any atom is -0.494 e. The van der Waals surface area contributed by atoms with Crippen LogP contribution < -0.4 is 34.8 Å². The molecule has 2 unspecified atom stereocenters. The largest absolute Gasteiger partial charge is 0.494 e. The molecule has 4 amide bonds. The van der Waals surface area contributed by atoms with Gasteiger partial charge in [-0.15, -0.1) is 0 Å². The van der Waals surface area contributed by atoms with Crippen molar-refractivity contribution < 1.29 is 49.1 Å². The molecule has 8 rings (SSSR count). The molecule has 5 aromatic carbocycles. The molecule has 4 atom stereocenters. The first-order valence-electron chi connectivity index (χ1n) is 26.7. The summed E-state index contributed by atoms with van der Waals surface area (Å²) in [5, 5.41) is 48.5. The second-order valence-electron chi connectivity index (χ2n) is 19.5. The van der Waals surface area contributed by atoms with Gasteiger partial charge in [0.1, 0.15) is 11.5 Å². The van der Waals surface area contributed by atoms with E-state index in [1.807, 2.05) is 105 Å². The number of amides is 4. The molecule has 0 spiro atoms. The maximum Gasteiger partial charge on any atom is 0.264 e. The molecular formula is C60H72N6O10. The Hall–Kier alpha value is -6.92. The van der Waals surface area contributed by atoms with Gasteiger partial charge in [0, 0.05) is 55.6 Å².